The zero-order valence-corrected chi connectivity index (χ0v) is 9.16. The molecule has 0 atom stereocenters. The molecule has 0 spiro atoms. The molecule has 0 aliphatic rings. The third kappa shape index (κ3) is 1.96. The van der Waals surface area contributed by atoms with Gasteiger partial charge >= 0.3 is 0 Å². The summed E-state index contributed by atoms with van der Waals surface area (Å²) in [5.41, 5.74) is 0.474. The fraction of sp³-hybridized carbons (Fsp3) is 0. The second kappa shape index (κ2) is 3.57. The summed E-state index contributed by atoms with van der Waals surface area (Å²) in [7, 11) is 0. The lowest BCUT2D eigenvalue weighted by molar-refractivity contribution is 1.46. The van der Waals surface area contributed by atoms with Crippen molar-refractivity contribution in [3.05, 3.63) is 31.7 Å². The van der Waals surface area contributed by atoms with Crippen LogP contribution in [0.25, 0.3) is 0 Å². The highest BCUT2D eigenvalue weighted by Crippen LogP contribution is 2.28. The van der Waals surface area contributed by atoms with Gasteiger partial charge in [-0.2, -0.15) is 5.26 Å². The van der Waals surface area contributed by atoms with Gasteiger partial charge in [0.2, 0.25) is 0 Å². The minimum absolute atomic E-state index is 0.461. The fourth-order valence-electron chi connectivity index (χ4n) is 0.608. The Labute approximate surface area is 86.2 Å². The van der Waals surface area contributed by atoms with E-state index in [1.165, 1.54) is 0 Å². The highest BCUT2D eigenvalue weighted by molar-refractivity contribution is 9.13. The number of hydrogen-bond donors (Lipinski definition) is 0. The number of rotatable bonds is 0. The van der Waals surface area contributed by atoms with Gasteiger partial charge in [0.25, 0.3) is 0 Å². The molecule has 56 valence electrons. The summed E-state index contributed by atoms with van der Waals surface area (Å²) in [6.07, 6.45) is 0. The Morgan fingerprint density at radius 1 is 1.27 bits per heavy atom. The molecule has 1 nitrogen and oxygen atoms in total. The van der Waals surface area contributed by atoms with Gasteiger partial charge in [0.1, 0.15) is 6.07 Å². The molecule has 0 N–H and O–H groups in total. The molecule has 0 bridgehead atoms. The van der Waals surface area contributed by atoms with Gasteiger partial charge in [0, 0.05) is 8.95 Å². The van der Waals surface area contributed by atoms with Gasteiger partial charge in [-0.15, -0.1) is 0 Å². The third-order valence-electron chi connectivity index (χ3n) is 1.13. The number of halogens is 3. The van der Waals surface area contributed by atoms with Crippen molar-refractivity contribution in [1.29, 1.82) is 5.26 Å². The second-order valence-electron chi connectivity index (χ2n) is 1.86. The van der Waals surface area contributed by atoms with Crippen LogP contribution < -0.4 is 0 Å². The number of nitriles is 1. The fourth-order valence-corrected chi connectivity index (χ4v) is 1.63. The first kappa shape index (κ1) is 9.05. The Morgan fingerprint density at radius 3 is 2.36 bits per heavy atom. The van der Waals surface area contributed by atoms with Gasteiger partial charge in [-0.25, -0.2) is 0 Å². The van der Waals surface area contributed by atoms with Crippen LogP contribution in [0.5, 0.6) is 0 Å². The van der Waals surface area contributed by atoms with Crippen molar-refractivity contribution in [2.75, 3.05) is 0 Å². The molecule has 0 radical (unpaired) electrons. The van der Waals surface area contributed by atoms with Crippen molar-refractivity contribution < 1.29 is 0 Å². The SMILES string of the molecule is N#Cc1cc(Br)c(Br)cc1Cl. The monoisotopic (exact) mass is 293 g/mol. The topological polar surface area (TPSA) is 23.8 Å². The maximum Gasteiger partial charge on any atom is 0.101 e. The molecule has 1 aromatic carbocycles. The van der Waals surface area contributed by atoms with Crippen LogP contribution in [0.1, 0.15) is 5.56 Å². The molecule has 0 aliphatic carbocycles. The summed E-state index contributed by atoms with van der Waals surface area (Å²) in [5.74, 6) is 0. The first-order valence-corrected chi connectivity index (χ1v) is 4.66. The molecule has 0 unspecified atom stereocenters. The summed E-state index contributed by atoms with van der Waals surface area (Å²) in [4.78, 5) is 0. The van der Waals surface area contributed by atoms with E-state index in [1.807, 2.05) is 6.07 Å². The van der Waals surface area contributed by atoms with E-state index >= 15 is 0 Å². The van der Waals surface area contributed by atoms with E-state index in [0.717, 1.165) is 8.95 Å². The van der Waals surface area contributed by atoms with Gasteiger partial charge < -0.3 is 0 Å². The van der Waals surface area contributed by atoms with Crippen molar-refractivity contribution in [3.63, 3.8) is 0 Å². The number of nitrogens with zero attached hydrogens (tertiary/aromatic N) is 1. The molecule has 0 aliphatic heterocycles. The molecule has 0 saturated carbocycles. The molecule has 0 fully saturated rings. The van der Waals surface area contributed by atoms with E-state index in [1.54, 1.807) is 12.1 Å². The van der Waals surface area contributed by atoms with Crippen LogP contribution in [0.15, 0.2) is 21.1 Å². The van der Waals surface area contributed by atoms with E-state index in [0.29, 0.717) is 10.6 Å². The van der Waals surface area contributed by atoms with Crippen LogP contribution in [0, 0.1) is 11.3 Å². The summed E-state index contributed by atoms with van der Waals surface area (Å²) >= 11 is 12.3. The molecule has 1 aromatic rings. The minimum atomic E-state index is 0.461. The summed E-state index contributed by atoms with van der Waals surface area (Å²) in [6.45, 7) is 0. The predicted molar refractivity (Wildman–Crippen MR) is 51.6 cm³/mol. The molecule has 4 heteroatoms. The molecule has 0 saturated heterocycles. The lowest BCUT2D eigenvalue weighted by atomic mass is 10.2. The molecule has 0 aromatic heterocycles. The normalized spacial score (nSPS) is 9.27. The lowest BCUT2D eigenvalue weighted by Crippen LogP contribution is -1.78. The van der Waals surface area contributed by atoms with E-state index < -0.39 is 0 Å². The van der Waals surface area contributed by atoms with Gasteiger partial charge in [0.05, 0.1) is 10.6 Å². The summed E-state index contributed by atoms with van der Waals surface area (Å²) in [6, 6.07) is 5.34. The first-order valence-electron chi connectivity index (χ1n) is 2.70. The van der Waals surface area contributed by atoms with E-state index in [4.69, 9.17) is 16.9 Å². The largest absolute Gasteiger partial charge is 0.192 e. The van der Waals surface area contributed by atoms with Crippen LogP contribution >= 0.6 is 43.5 Å². The summed E-state index contributed by atoms with van der Waals surface area (Å²) in [5, 5.41) is 9.02. The summed E-state index contributed by atoms with van der Waals surface area (Å²) < 4.78 is 1.68. The van der Waals surface area contributed by atoms with Gasteiger partial charge in [-0.1, -0.05) is 11.6 Å². The Hall–Kier alpha value is -0.0400. The molecule has 0 heterocycles. The highest BCUT2D eigenvalue weighted by atomic mass is 79.9. The van der Waals surface area contributed by atoms with Crippen molar-refractivity contribution >= 4 is 43.5 Å². The maximum absolute atomic E-state index is 8.56. The second-order valence-corrected chi connectivity index (χ2v) is 3.97. The first-order chi connectivity index (χ1) is 5.15. The van der Waals surface area contributed by atoms with Gasteiger partial charge in [-0.05, 0) is 44.0 Å². The van der Waals surface area contributed by atoms with Crippen LogP contribution in [0.2, 0.25) is 5.02 Å². The molecular weight excluding hydrogens is 293 g/mol. The van der Waals surface area contributed by atoms with Crippen molar-refractivity contribution in [1.82, 2.24) is 0 Å². The standard InChI is InChI=1S/C7H2Br2ClN/c8-5-1-4(3-11)7(10)2-6(5)9/h1-2H. The van der Waals surface area contributed by atoms with Crippen molar-refractivity contribution in [2.45, 2.75) is 0 Å². The molecule has 0 amide bonds. The average Bonchev–Trinajstić information content (AvgIpc) is 1.97. The van der Waals surface area contributed by atoms with E-state index in [2.05, 4.69) is 31.9 Å². The van der Waals surface area contributed by atoms with Gasteiger partial charge in [-0.3, -0.25) is 0 Å². The Morgan fingerprint density at radius 2 is 1.82 bits per heavy atom. The number of benzene rings is 1. The van der Waals surface area contributed by atoms with E-state index in [-0.39, 0.29) is 0 Å². The van der Waals surface area contributed by atoms with Crippen molar-refractivity contribution in [2.24, 2.45) is 0 Å². The van der Waals surface area contributed by atoms with Crippen molar-refractivity contribution in [3.8, 4) is 6.07 Å². The average molecular weight is 295 g/mol. The third-order valence-corrected chi connectivity index (χ3v) is 3.29. The molecular formula is C7H2Br2ClN. The quantitative estimate of drug-likeness (QED) is 0.669. The van der Waals surface area contributed by atoms with Crippen LogP contribution in [-0.2, 0) is 0 Å². The predicted octanol–water partition coefficient (Wildman–Crippen LogP) is 3.74. The maximum atomic E-state index is 8.56. The zero-order valence-electron chi connectivity index (χ0n) is 5.24. The smallest absolute Gasteiger partial charge is 0.101 e. The highest BCUT2D eigenvalue weighted by Gasteiger charge is 2.03. The Balaban J connectivity index is 3.35. The Kier molecular flexibility index (Phi) is 2.94. The molecule has 1 rings (SSSR count). The van der Waals surface area contributed by atoms with Gasteiger partial charge in [0.15, 0.2) is 0 Å². The van der Waals surface area contributed by atoms with Crippen LogP contribution in [0.4, 0.5) is 0 Å². The van der Waals surface area contributed by atoms with E-state index in [9.17, 15) is 0 Å². The van der Waals surface area contributed by atoms with Crippen LogP contribution in [0.3, 0.4) is 0 Å². The Bertz CT molecular complexity index is 330. The molecule has 11 heavy (non-hydrogen) atoms. The van der Waals surface area contributed by atoms with Crippen LogP contribution in [-0.4, -0.2) is 0 Å². The minimum Gasteiger partial charge on any atom is -0.192 e. The lowest BCUT2D eigenvalue weighted by Gasteiger charge is -1.97. The number of hydrogen-bond acceptors (Lipinski definition) is 1. The zero-order chi connectivity index (χ0) is 8.43.